The van der Waals surface area contributed by atoms with Gasteiger partial charge >= 0.3 is 0 Å². The van der Waals surface area contributed by atoms with E-state index in [1.807, 2.05) is 0 Å². The zero-order valence-electron chi connectivity index (χ0n) is 40.3. The van der Waals surface area contributed by atoms with Crippen LogP contribution in [0.15, 0.2) is 121 Å². The summed E-state index contributed by atoms with van der Waals surface area (Å²) < 4.78 is 0. The minimum Gasteiger partial charge on any atom is -0.338 e. The van der Waals surface area contributed by atoms with Crippen molar-refractivity contribution in [3.05, 3.63) is 166 Å². The van der Waals surface area contributed by atoms with E-state index in [1.54, 1.807) is 0 Å². The SMILES string of the molecule is CC1(C)Cc2cc3c(cc2C1)N(Cc1ccc(C(C)(C)C)cc1-c1ccccc1)c1cc(C(C)(C)C)cc2c1B3c1ccc(C(C)(C)C)cc1N2c1ccc2c3c(cccc13)CCC2. The Kier molecular flexibility index (Phi) is 9.16. The minimum atomic E-state index is -0.0857. The lowest BCUT2D eigenvalue weighted by Crippen LogP contribution is -2.62. The van der Waals surface area contributed by atoms with Crippen molar-refractivity contribution in [1.29, 1.82) is 0 Å². The number of hydrogen-bond acceptors (Lipinski definition) is 2. The van der Waals surface area contributed by atoms with Crippen molar-refractivity contribution in [1.82, 2.24) is 0 Å². The molecule has 0 N–H and O–H groups in total. The van der Waals surface area contributed by atoms with Gasteiger partial charge in [-0.2, -0.15) is 0 Å². The van der Waals surface area contributed by atoms with Gasteiger partial charge in [-0.25, -0.2) is 0 Å². The highest BCUT2D eigenvalue weighted by Gasteiger charge is 2.46. The van der Waals surface area contributed by atoms with E-state index in [4.69, 9.17) is 0 Å². The Hall–Kier alpha value is -5.54. The maximum Gasteiger partial charge on any atom is 0.252 e. The normalized spacial score (nSPS) is 16.1. The first-order valence-electron chi connectivity index (χ1n) is 24.1. The molecule has 0 amide bonds. The fourth-order valence-corrected chi connectivity index (χ4v) is 11.8. The van der Waals surface area contributed by atoms with Crippen LogP contribution in [0.5, 0.6) is 0 Å². The fourth-order valence-electron chi connectivity index (χ4n) is 11.8. The molecule has 0 radical (unpaired) electrons. The first-order chi connectivity index (χ1) is 30.3. The number of fused-ring (bicyclic) bond motifs is 5. The van der Waals surface area contributed by atoms with E-state index in [9.17, 15) is 0 Å². The molecule has 0 aromatic heterocycles. The molecule has 7 aromatic rings. The lowest BCUT2D eigenvalue weighted by Gasteiger charge is -2.46. The van der Waals surface area contributed by atoms with Gasteiger partial charge in [0, 0.05) is 34.7 Å². The van der Waals surface area contributed by atoms with E-state index < -0.39 is 0 Å². The van der Waals surface area contributed by atoms with E-state index >= 15 is 0 Å². The highest BCUT2D eigenvalue weighted by atomic mass is 15.2. The predicted molar refractivity (Wildman–Crippen MR) is 277 cm³/mol. The lowest BCUT2D eigenvalue weighted by molar-refractivity contribution is 0.392. The number of hydrogen-bond donors (Lipinski definition) is 0. The summed E-state index contributed by atoms with van der Waals surface area (Å²) in [6.45, 7) is 27.1. The average molecular weight is 837 g/mol. The molecule has 2 aliphatic heterocycles. The average Bonchev–Trinajstić information content (AvgIpc) is 3.56. The van der Waals surface area contributed by atoms with E-state index in [2.05, 4.69) is 207 Å². The molecule has 2 heterocycles. The Balaban J connectivity index is 1.23. The first-order valence-corrected chi connectivity index (χ1v) is 24.1. The van der Waals surface area contributed by atoms with Gasteiger partial charge < -0.3 is 9.80 Å². The van der Waals surface area contributed by atoms with Crippen LogP contribution < -0.4 is 26.2 Å². The summed E-state index contributed by atoms with van der Waals surface area (Å²) in [5.41, 5.74) is 25.2. The van der Waals surface area contributed by atoms with Crippen molar-refractivity contribution in [3.63, 3.8) is 0 Å². The molecule has 64 heavy (non-hydrogen) atoms. The number of nitrogens with zero attached hydrogens (tertiary/aromatic N) is 2. The van der Waals surface area contributed by atoms with Crippen molar-refractivity contribution in [2.45, 2.75) is 131 Å². The Bertz CT molecular complexity index is 3030. The Morgan fingerprint density at radius 3 is 1.88 bits per heavy atom. The summed E-state index contributed by atoms with van der Waals surface area (Å²) >= 11 is 0. The molecule has 322 valence electrons. The second kappa shape index (κ2) is 14.2. The second-order valence-corrected chi connectivity index (χ2v) is 23.7. The third-order valence-electron chi connectivity index (χ3n) is 15.3. The van der Waals surface area contributed by atoms with Crippen molar-refractivity contribution < 1.29 is 0 Å². The molecule has 0 fully saturated rings. The van der Waals surface area contributed by atoms with Gasteiger partial charge in [0.05, 0.1) is 5.69 Å². The minimum absolute atomic E-state index is 0.00794. The van der Waals surface area contributed by atoms with Crippen LogP contribution in [0, 0.1) is 5.41 Å². The zero-order chi connectivity index (χ0) is 44.7. The molecule has 11 rings (SSSR count). The third kappa shape index (κ3) is 6.66. The van der Waals surface area contributed by atoms with Crippen LogP contribution in [-0.2, 0) is 48.5 Å². The molecule has 0 atom stereocenters. The van der Waals surface area contributed by atoms with Gasteiger partial charge in [0.2, 0.25) is 0 Å². The molecule has 2 aliphatic carbocycles. The molecule has 0 unspecified atom stereocenters. The molecule has 7 aromatic carbocycles. The molecule has 3 heteroatoms. The molecular formula is C61H65BN2. The number of aryl methyl sites for hydroxylation is 2. The largest absolute Gasteiger partial charge is 0.338 e. The molecular weight excluding hydrogens is 771 g/mol. The summed E-state index contributed by atoms with van der Waals surface area (Å²) in [6.07, 6.45) is 5.72. The summed E-state index contributed by atoms with van der Waals surface area (Å²) in [7, 11) is 0. The van der Waals surface area contributed by atoms with Crippen molar-refractivity contribution in [2.75, 3.05) is 9.80 Å². The zero-order valence-corrected chi connectivity index (χ0v) is 40.3. The van der Waals surface area contributed by atoms with Gasteiger partial charge in [0.1, 0.15) is 0 Å². The van der Waals surface area contributed by atoms with Crippen molar-refractivity contribution >= 4 is 62.3 Å². The first kappa shape index (κ1) is 41.2. The second-order valence-electron chi connectivity index (χ2n) is 23.7. The van der Waals surface area contributed by atoms with Gasteiger partial charge in [0.25, 0.3) is 6.71 Å². The molecule has 2 nitrogen and oxygen atoms in total. The molecule has 0 spiro atoms. The Labute approximate surface area is 383 Å². The van der Waals surface area contributed by atoms with Gasteiger partial charge in [-0.1, -0.05) is 167 Å². The van der Waals surface area contributed by atoms with Crippen molar-refractivity contribution in [3.8, 4) is 11.1 Å². The molecule has 4 aliphatic rings. The Morgan fingerprint density at radius 2 is 1.16 bits per heavy atom. The van der Waals surface area contributed by atoms with Crippen LogP contribution in [0.3, 0.4) is 0 Å². The van der Waals surface area contributed by atoms with Gasteiger partial charge in [0.15, 0.2) is 0 Å². The molecule has 0 saturated heterocycles. The number of benzene rings is 7. The Morgan fingerprint density at radius 1 is 0.516 bits per heavy atom. The van der Waals surface area contributed by atoms with E-state index in [0.29, 0.717) is 0 Å². The highest BCUT2D eigenvalue weighted by Crippen LogP contribution is 2.49. The van der Waals surface area contributed by atoms with Crippen LogP contribution in [0.1, 0.15) is 127 Å². The van der Waals surface area contributed by atoms with E-state index in [0.717, 1.165) is 32.2 Å². The van der Waals surface area contributed by atoms with Crippen LogP contribution in [-0.4, -0.2) is 6.71 Å². The van der Waals surface area contributed by atoms with Crippen LogP contribution in [0.2, 0.25) is 0 Å². The van der Waals surface area contributed by atoms with E-state index in [1.165, 1.54) is 118 Å². The standard InChI is InChI=1S/C61H65BN2/c1-58(2,3)44-25-23-41(48(31-44)38-17-13-12-14-18-38)37-63-52-30-43-36-61(10,11)35-42(43)29-50(52)62-49-27-26-45(59(4,5)6)32-53(49)64(55-34-46(60(7,8)9)33-54(63)57(55)62)51-28-24-40-20-15-19-39-21-16-22-47(51)56(39)40/h12-14,16-18,21-34H,15,19-20,35-37H2,1-11H3. The summed E-state index contributed by atoms with van der Waals surface area (Å²) in [6, 6.07) is 48.4. The maximum atomic E-state index is 2.74. The topological polar surface area (TPSA) is 6.48 Å². The fraction of sp³-hybridized carbons (Fsp3) is 0.344. The van der Waals surface area contributed by atoms with Crippen LogP contribution >= 0.6 is 0 Å². The maximum absolute atomic E-state index is 2.74. The summed E-state index contributed by atoms with van der Waals surface area (Å²) in [5.74, 6) is 0. The predicted octanol–water partition coefficient (Wildman–Crippen LogP) is 14.0. The lowest BCUT2D eigenvalue weighted by atomic mass is 9.33. The van der Waals surface area contributed by atoms with Gasteiger partial charge in [-0.05, 0) is 162 Å². The van der Waals surface area contributed by atoms with Crippen molar-refractivity contribution in [2.24, 2.45) is 5.41 Å². The van der Waals surface area contributed by atoms with Gasteiger partial charge in [-0.15, -0.1) is 0 Å². The van der Waals surface area contributed by atoms with Crippen LogP contribution in [0.25, 0.3) is 21.9 Å². The quantitative estimate of drug-likeness (QED) is 0.163. The number of rotatable bonds is 4. The molecule has 0 saturated carbocycles. The van der Waals surface area contributed by atoms with Crippen LogP contribution in [0.4, 0.5) is 28.4 Å². The van der Waals surface area contributed by atoms with E-state index in [-0.39, 0.29) is 28.4 Å². The molecule has 0 bridgehead atoms. The summed E-state index contributed by atoms with van der Waals surface area (Å²) in [4.78, 5) is 5.45. The monoisotopic (exact) mass is 837 g/mol. The summed E-state index contributed by atoms with van der Waals surface area (Å²) in [5, 5.41) is 2.84. The third-order valence-corrected chi connectivity index (χ3v) is 15.3. The smallest absolute Gasteiger partial charge is 0.252 e. The van der Waals surface area contributed by atoms with Gasteiger partial charge in [-0.3, -0.25) is 0 Å². The number of anilines is 5. The highest BCUT2D eigenvalue weighted by molar-refractivity contribution is 7.00.